The highest BCUT2D eigenvalue weighted by Gasteiger charge is 2.25. The second-order valence-corrected chi connectivity index (χ2v) is 5.93. The van der Waals surface area contributed by atoms with E-state index in [1.54, 1.807) is 12.0 Å². The van der Waals surface area contributed by atoms with E-state index >= 15 is 0 Å². The molecule has 3 N–H and O–H groups in total. The minimum absolute atomic E-state index is 0.000470. The lowest BCUT2D eigenvalue weighted by molar-refractivity contribution is 0.0584. The fourth-order valence-electron chi connectivity index (χ4n) is 1.91. The molecule has 0 fully saturated rings. The molecule has 1 aromatic rings. The van der Waals surface area contributed by atoms with E-state index in [2.05, 4.69) is 10.3 Å². The molecule has 114 valence electrons. The van der Waals surface area contributed by atoms with Crippen LogP contribution in [0, 0.1) is 0 Å². The summed E-state index contributed by atoms with van der Waals surface area (Å²) < 4.78 is 5.11. The Bertz CT molecular complexity index is 448. The number of amides is 1. The minimum Gasteiger partial charge on any atom is -0.383 e. The van der Waals surface area contributed by atoms with Gasteiger partial charge in [0.25, 0.3) is 5.91 Å². The van der Waals surface area contributed by atoms with Crippen LogP contribution in [0.15, 0.2) is 0 Å². The number of carbonyl (C=O) groups is 1. The fourth-order valence-corrected chi connectivity index (χ4v) is 2.90. The number of nitrogens with zero attached hydrogens (tertiary/aromatic N) is 2. The SMILES string of the molecule is CCN(C(=O)c1sc(NC(C)C)nc1N)C(C)COC. The number of aromatic nitrogens is 1. The number of ether oxygens (including phenoxy) is 1. The van der Waals surface area contributed by atoms with Gasteiger partial charge in [-0.2, -0.15) is 0 Å². The van der Waals surface area contributed by atoms with Crippen LogP contribution >= 0.6 is 11.3 Å². The van der Waals surface area contributed by atoms with Crippen molar-refractivity contribution in [3.63, 3.8) is 0 Å². The van der Waals surface area contributed by atoms with Crippen molar-refractivity contribution in [2.45, 2.75) is 39.8 Å². The number of nitrogens with one attached hydrogen (secondary N) is 1. The lowest BCUT2D eigenvalue weighted by Gasteiger charge is -2.27. The topological polar surface area (TPSA) is 80.5 Å². The van der Waals surface area contributed by atoms with Crippen LogP contribution in [-0.2, 0) is 4.74 Å². The van der Waals surface area contributed by atoms with Crippen LogP contribution in [-0.4, -0.2) is 48.1 Å². The quantitative estimate of drug-likeness (QED) is 0.805. The third kappa shape index (κ3) is 4.08. The molecule has 1 aromatic heterocycles. The van der Waals surface area contributed by atoms with Crippen LogP contribution in [0.25, 0.3) is 0 Å². The molecular weight excluding hydrogens is 276 g/mol. The van der Waals surface area contributed by atoms with Crippen molar-refractivity contribution in [2.24, 2.45) is 0 Å². The maximum absolute atomic E-state index is 12.5. The molecule has 0 saturated carbocycles. The average Bonchev–Trinajstić information content (AvgIpc) is 2.70. The van der Waals surface area contributed by atoms with Gasteiger partial charge in [-0.15, -0.1) is 0 Å². The highest BCUT2D eigenvalue weighted by molar-refractivity contribution is 7.18. The largest absolute Gasteiger partial charge is 0.383 e. The van der Waals surface area contributed by atoms with Crippen LogP contribution in [0.1, 0.15) is 37.4 Å². The van der Waals surface area contributed by atoms with Gasteiger partial charge in [-0.1, -0.05) is 11.3 Å². The first-order chi connectivity index (χ1) is 9.40. The molecule has 1 atom stereocenters. The number of anilines is 2. The van der Waals surface area contributed by atoms with Crippen LogP contribution in [0.4, 0.5) is 10.9 Å². The van der Waals surface area contributed by atoms with Crippen molar-refractivity contribution in [3.05, 3.63) is 4.88 Å². The van der Waals surface area contributed by atoms with Crippen LogP contribution in [0.3, 0.4) is 0 Å². The van der Waals surface area contributed by atoms with Crippen molar-refractivity contribution >= 4 is 28.2 Å². The summed E-state index contributed by atoms with van der Waals surface area (Å²) in [6, 6.07) is 0.249. The summed E-state index contributed by atoms with van der Waals surface area (Å²) in [4.78, 5) is 19.0. The Hall–Kier alpha value is -1.34. The van der Waals surface area contributed by atoms with Crippen molar-refractivity contribution in [3.8, 4) is 0 Å². The molecule has 0 aromatic carbocycles. The number of rotatable bonds is 7. The lowest BCUT2D eigenvalue weighted by Crippen LogP contribution is -2.40. The molecule has 0 bridgehead atoms. The Morgan fingerprint density at radius 2 is 2.15 bits per heavy atom. The molecule has 0 aliphatic rings. The zero-order valence-corrected chi connectivity index (χ0v) is 13.6. The smallest absolute Gasteiger partial charge is 0.268 e. The van der Waals surface area contributed by atoms with E-state index in [0.29, 0.717) is 23.2 Å². The number of hydrogen-bond donors (Lipinski definition) is 2. The summed E-state index contributed by atoms with van der Waals surface area (Å²) in [7, 11) is 1.63. The number of thiazole rings is 1. The molecule has 0 saturated heterocycles. The first-order valence-electron chi connectivity index (χ1n) is 6.73. The highest BCUT2D eigenvalue weighted by atomic mass is 32.1. The van der Waals surface area contributed by atoms with Gasteiger partial charge in [-0.05, 0) is 27.7 Å². The van der Waals surface area contributed by atoms with Crippen molar-refractivity contribution in [2.75, 3.05) is 31.3 Å². The Morgan fingerprint density at radius 1 is 1.50 bits per heavy atom. The molecule has 0 aliphatic carbocycles. The van der Waals surface area contributed by atoms with Gasteiger partial charge >= 0.3 is 0 Å². The molecule has 1 amide bonds. The highest BCUT2D eigenvalue weighted by Crippen LogP contribution is 2.27. The summed E-state index contributed by atoms with van der Waals surface area (Å²) in [5, 5.41) is 3.84. The van der Waals surface area contributed by atoms with E-state index in [9.17, 15) is 4.79 Å². The zero-order valence-electron chi connectivity index (χ0n) is 12.8. The second-order valence-electron chi connectivity index (χ2n) is 4.93. The molecule has 0 spiro atoms. The average molecular weight is 300 g/mol. The van der Waals surface area contributed by atoms with E-state index in [1.807, 2.05) is 27.7 Å². The van der Waals surface area contributed by atoms with Gasteiger partial charge < -0.3 is 20.7 Å². The minimum atomic E-state index is -0.0937. The van der Waals surface area contributed by atoms with E-state index < -0.39 is 0 Å². The Morgan fingerprint density at radius 3 is 2.65 bits per heavy atom. The van der Waals surface area contributed by atoms with Gasteiger partial charge in [-0.3, -0.25) is 4.79 Å². The molecule has 1 rings (SSSR count). The molecule has 20 heavy (non-hydrogen) atoms. The van der Waals surface area contributed by atoms with E-state index in [4.69, 9.17) is 10.5 Å². The number of nitrogens with two attached hydrogens (primary N) is 1. The van der Waals surface area contributed by atoms with Gasteiger partial charge in [0.05, 0.1) is 12.6 Å². The monoisotopic (exact) mass is 300 g/mol. The maximum atomic E-state index is 12.5. The fraction of sp³-hybridized carbons (Fsp3) is 0.692. The van der Waals surface area contributed by atoms with E-state index in [0.717, 1.165) is 0 Å². The van der Waals surface area contributed by atoms with Crippen LogP contribution in [0.2, 0.25) is 0 Å². The van der Waals surface area contributed by atoms with Gasteiger partial charge in [0.1, 0.15) is 10.7 Å². The summed E-state index contributed by atoms with van der Waals surface area (Å²) in [5.41, 5.74) is 5.87. The van der Waals surface area contributed by atoms with Gasteiger partial charge in [0, 0.05) is 19.7 Å². The number of nitrogen functional groups attached to an aromatic ring is 1. The normalized spacial score (nSPS) is 12.5. The number of carbonyl (C=O) groups excluding carboxylic acids is 1. The number of methoxy groups -OCH3 is 1. The van der Waals surface area contributed by atoms with Crippen molar-refractivity contribution in [1.29, 1.82) is 0 Å². The van der Waals surface area contributed by atoms with Gasteiger partial charge in [-0.25, -0.2) is 4.98 Å². The van der Waals surface area contributed by atoms with Gasteiger partial charge in [0.2, 0.25) is 0 Å². The standard InChI is InChI=1S/C13H24N4O2S/c1-6-17(9(4)7-19-5)12(18)10-11(14)16-13(20-10)15-8(2)3/h8-9H,6-7,14H2,1-5H3,(H,15,16). The lowest BCUT2D eigenvalue weighted by atomic mass is 10.2. The van der Waals surface area contributed by atoms with E-state index in [-0.39, 0.29) is 23.8 Å². The first kappa shape index (κ1) is 16.7. The van der Waals surface area contributed by atoms with Crippen LogP contribution in [0.5, 0.6) is 0 Å². The predicted molar refractivity (Wildman–Crippen MR) is 83.3 cm³/mol. The molecule has 1 heterocycles. The molecule has 0 aliphatic heterocycles. The molecule has 6 nitrogen and oxygen atoms in total. The summed E-state index contributed by atoms with van der Waals surface area (Å²) in [6.07, 6.45) is 0. The predicted octanol–water partition coefficient (Wildman–Crippen LogP) is 2.04. The molecular formula is C13H24N4O2S. The summed E-state index contributed by atoms with van der Waals surface area (Å²) >= 11 is 1.30. The molecule has 1 unspecified atom stereocenters. The Labute approximate surface area is 124 Å². The van der Waals surface area contributed by atoms with Crippen molar-refractivity contribution < 1.29 is 9.53 Å². The zero-order chi connectivity index (χ0) is 15.3. The maximum Gasteiger partial charge on any atom is 0.268 e. The third-order valence-corrected chi connectivity index (χ3v) is 3.79. The van der Waals surface area contributed by atoms with E-state index in [1.165, 1.54) is 11.3 Å². The van der Waals surface area contributed by atoms with Gasteiger partial charge in [0.15, 0.2) is 5.13 Å². The Kier molecular flexibility index (Phi) is 6.22. The van der Waals surface area contributed by atoms with Crippen LogP contribution < -0.4 is 11.1 Å². The second kappa shape index (κ2) is 7.44. The summed E-state index contributed by atoms with van der Waals surface area (Å²) in [6.45, 7) is 9.02. The molecule has 0 radical (unpaired) electrons. The number of likely N-dealkylation sites (N-methyl/N-ethyl adjacent to an activating group) is 1. The number of hydrogen-bond acceptors (Lipinski definition) is 6. The summed E-state index contributed by atoms with van der Waals surface area (Å²) in [5.74, 6) is 0.190. The first-order valence-corrected chi connectivity index (χ1v) is 7.55. The van der Waals surface area contributed by atoms with Crippen molar-refractivity contribution in [1.82, 2.24) is 9.88 Å². The third-order valence-electron chi connectivity index (χ3n) is 2.80. The molecule has 7 heteroatoms. The Balaban J connectivity index is 2.92.